The molecule has 0 aliphatic carbocycles. The molecule has 0 saturated carbocycles. The van der Waals surface area contributed by atoms with E-state index in [-0.39, 0.29) is 28.1 Å². The fourth-order valence-electron chi connectivity index (χ4n) is 2.72. The largest absolute Gasteiger partial charge is 0.494 e. The van der Waals surface area contributed by atoms with Crippen molar-refractivity contribution in [3.8, 4) is 5.75 Å². The molecule has 2 heterocycles. The quantitative estimate of drug-likeness (QED) is 0.733. The minimum Gasteiger partial charge on any atom is -0.494 e. The van der Waals surface area contributed by atoms with E-state index in [4.69, 9.17) is 4.74 Å². The summed E-state index contributed by atoms with van der Waals surface area (Å²) in [5.74, 6) is -1.85. The van der Waals surface area contributed by atoms with Gasteiger partial charge in [-0.25, -0.2) is 8.78 Å². The second-order valence-electron chi connectivity index (χ2n) is 6.04. The van der Waals surface area contributed by atoms with Gasteiger partial charge in [0.05, 0.1) is 18.7 Å². The average Bonchev–Trinajstić information content (AvgIpc) is 2.68. The Balaban J connectivity index is 2.02. The van der Waals surface area contributed by atoms with Gasteiger partial charge >= 0.3 is 0 Å². The van der Waals surface area contributed by atoms with E-state index in [1.807, 2.05) is 0 Å². The standard InChI is InChI=1S/C20H17F2N3O3/c1-25-11-13(6-8-17(25)26)20(27)24-18(19-14(21)4-3-9-23-19)12-5-7-16(28-2)15(22)10-12/h3-11,18H,1-2H3,(H,24,27)/t18-/m0/s1. The highest BCUT2D eigenvalue weighted by Gasteiger charge is 2.23. The molecule has 1 amide bonds. The zero-order valence-corrected chi connectivity index (χ0v) is 15.1. The molecule has 0 radical (unpaired) electrons. The number of ether oxygens (including phenoxy) is 1. The smallest absolute Gasteiger partial charge is 0.253 e. The van der Waals surface area contributed by atoms with Crippen LogP contribution in [0.15, 0.2) is 59.7 Å². The Labute approximate surface area is 159 Å². The number of aryl methyl sites for hydroxylation is 1. The highest BCUT2D eigenvalue weighted by atomic mass is 19.1. The Hall–Kier alpha value is -3.55. The Morgan fingerprint density at radius 1 is 1.18 bits per heavy atom. The summed E-state index contributed by atoms with van der Waals surface area (Å²) in [6.07, 6.45) is 2.74. The molecule has 0 bridgehead atoms. The lowest BCUT2D eigenvalue weighted by Crippen LogP contribution is -2.31. The lowest BCUT2D eigenvalue weighted by atomic mass is 10.0. The number of nitrogens with zero attached hydrogens (tertiary/aromatic N) is 2. The summed E-state index contributed by atoms with van der Waals surface area (Å²) in [5, 5.41) is 2.65. The Kier molecular flexibility index (Phi) is 5.49. The third-order valence-corrected chi connectivity index (χ3v) is 4.19. The summed E-state index contributed by atoms with van der Waals surface area (Å²) in [4.78, 5) is 28.2. The van der Waals surface area contributed by atoms with E-state index in [2.05, 4.69) is 10.3 Å². The average molecular weight is 385 g/mol. The van der Waals surface area contributed by atoms with Crippen LogP contribution >= 0.6 is 0 Å². The van der Waals surface area contributed by atoms with E-state index in [9.17, 15) is 18.4 Å². The van der Waals surface area contributed by atoms with Crippen molar-refractivity contribution in [2.24, 2.45) is 7.05 Å². The summed E-state index contributed by atoms with van der Waals surface area (Å²) in [6, 6.07) is 8.23. The fraction of sp³-hybridized carbons (Fsp3) is 0.150. The fourth-order valence-corrected chi connectivity index (χ4v) is 2.72. The van der Waals surface area contributed by atoms with Crippen LogP contribution in [-0.4, -0.2) is 22.6 Å². The molecule has 1 atom stereocenters. The van der Waals surface area contributed by atoms with Gasteiger partial charge in [0, 0.05) is 25.5 Å². The first kappa shape index (κ1) is 19.2. The van der Waals surface area contributed by atoms with Gasteiger partial charge in [-0.3, -0.25) is 14.6 Å². The van der Waals surface area contributed by atoms with Gasteiger partial charge in [-0.15, -0.1) is 0 Å². The zero-order valence-electron chi connectivity index (χ0n) is 15.1. The van der Waals surface area contributed by atoms with Crippen molar-refractivity contribution in [2.75, 3.05) is 7.11 Å². The first-order chi connectivity index (χ1) is 13.4. The molecule has 144 valence electrons. The molecule has 2 aromatic heterocycles. The van der Waals surface area contributed by atoms with Crippen LogP contribution in [0.25, 0.3) is 0 Å². The summed E-state index contributed by atoms with van der Waals surface area (Å²) < 4.78 is 34.7. The monoisotopic (exact) mass is 385 g/mol. The molecule has 0 unspecified atom stereocenters. The SMILES string of the molecule is COc1ccc([C@H](NC(=O)c2ccc(=O)n(C)c2)c2ncccc2F)cc1F. The van der Waals surface area contributed by atoms with Crippen molar-refractivity contribution in [3.05, 3.63) is 93.7 Å². The van der Waals surface area contributed by atoms with Crippen LogP contribution in [0.3, 0.4) is 0 Å². The van der Waals surface area contributed by atoms with Crippen molar-refractivity contribution in [1.29, 1.82) is 0 Å². The van der Waals surface area contributed by atoms with E-state index in [0.29, 0.717) is 0 Å². The molecular formula is C20H17F2N3O3. The van der Waals surface area contributed by atoms with Gasteiger partial charge in [0.2, 0.25) is 5.56 Å². The number of hydrogen-bond acceptors (Lipinski definition) is 4. The molecule has 0 aliphatic rings. The molecular weight excluding hydrogens is 368 g/mol. The number of amides is 1. The molecule has 1 N–H and O–H groups in total. The van der Waals surface area contributed by atoms with Gasteiger partial charge in [0.25, 0.3) is 5.91 Å². The second kappa shape index (κ2) is 7.99. The maximum atomic E-state index is 14.4. The van der Waals surface area contributed by atoms with Crippen LogP contribution < -0.4 is 15.6 Å². The van der Waals surface area contributed by atoms with Crippen LogP contribution in [0, 0.1) is 11.6 Å². The molecule has 3 aromatic rings. The maximum Gasteiger partial charge on any atom is 0.253 e. The van der Waals surface area contributed by atoms with Crippen molar-refractivity contribution < 1.29 is 18.3 Å². The Bertz CT molecular complexity index is 1080. The zero-order chi connectivity index (χ0) is 20.3. The van der Waals surface area contributed by atoms with Crippen molar-refractivity contribution in [2.45, 2.75) is 6.04 Å². The summed E-state index contributed by atoms with van der Waals surface area (Å²) in [6.45, 7) is 0. The van der Waals surface area contributed by atoms with Gasteiger partial charge in [-0.05, 0) is 35.9 Å². The third-order valence-electron chi connectivity index (χ3n) is 4.19. The number of benzene rings is 1. The van der Waals surface area contributed by atoms with Crippen LogP contribution in [0.4, 0.5) is 8.78 Å². The van der Waals surface area contributed by atoms with Gasteiger partial charge in [-0.1, -0.05) is 6.07 Å². The number of rotatable bonds is 5. The number of hydrogen-bond donors (Lipinski definition) is 1. The van der Waals surface area contributed by atoms with E-state index >= 15 is 0 Å². The van der Waals surface area contributed by atoms with Crippen LogP contribution in [-0.2, 0) is 7.05 Å². The molecule has 28 heavy (non-hydrogen) atoms. The van der Waals surface area contributed by atoms with Gasteiger partial charge in [-0.2, -0.15) is 0 Å². The van der Waals surface area contributed by atoms with Crippen molar-refractivity contribution >= 4 is 5.91 Å². The lowest BCUT2D eigenvalue weighted by Gasteiger charge is -2.20. The van der Waals surface area contributed by atoms with Gasteiger partial charge in [0.1, 0.15) is 11.5 Å². The number of aromatic nitrogens is 2. The normalized spacial score (nSPS) is 11.7. The van der Waals surface area contributed by atoms with E-state index in [0.717, 1.165) is 6.07 Å². The maximum absolute atomic E-state index is 14.4. The van der Waals surface area contributed by atoms with Crippen LogP contribution in [0.5, 0.6) is 5.75 Å². The summed E-state index contributed by atoms with van der Waals surface area (Å²) in [5.41, 5.74) is 0.137. The Morgan fingerprint density at radius 2 is 1.96 bits per heavy atom. The molecule has 0 spiro atoms. The highest BCUT2D eigenvalue weighted by molar-refractivity contribution is 5.94. The second-order valence-corrected chi connectivity index (χ2v) is 6.04. The molecule has 8 heteroatoms. The number of nitrogens with one attached hydrogen (secondary N) is 1. The lowest BCUT2D eigenvalue weighted by molar-refractivity contribution is 0.0941. The van der Waals surface area contributed by atoms with Crippen LogP contribution in [0.1, 0.15) is 27.7 Å². The van der Waals surface area contributed by atoms with E-state index in [1.165, 1.54) is 67.5 Å². The minimum atomic E-state index is -1.05. The minimum absolute atomic E-state index is 0.0216. The number of methoxy groups -OCH3 is 1. The van der Waals surface area contributed by atoms with Gasteiger partial charge < -0.3 is 14.6 Å². The topological polar surface area (TPSA) is 73.2 Å². The first-order valence-electron chi connectivity index (χ1n) is 8.32. The van der Waals surface area contributed by atoms with Crippen LogP contribution in [0.2, 0.25) is 0 Å². The summed E-state index contributed by atoms with van der Waals surface area (Å²) in [7, 11) is 2.84. The predicted molar refractivity (Wildman–Crippen MR) is 98.1 cm³/mol. The highest BCUT2D eigenvalue weighted by Crippen LogP contribution is 2.27. The van der Waals surface area contributed by atoms with Gasteiger partial charge in [0.15, 0.2) is 11.6 Å². The van der Waals surface area contributed by atoms with E-state index in [1.54, 1.807) is 0 Å². The van der Waals surface area contributed by atoms with Crippen molar-refractivity contribution in [3.63, 3.8) is 0 Å². The number of halogens is 2. The number of carbonyl (C=O) groups excluding carboxylic acids is 1. The van der Waals surface area contributed by atoms with Crippen molar-refractivity contribution in [1.82, 2.24) is 14.9 Å². The molecule has 0 aliphatic heterocycles. The third kappa shape index (κ3) is 3.90. The molecule has 0 saturated heterocycles. The number of pyridine rings is 2. The molecule has 1 aromatic carbocycles. The first-order valence-corrected chi connectivity index (χ1v) is 8.32. The number of carbonyl (C=O) groups is 1. The molecule has 6 nitrogen and oxygen atoms in total. The summed E-state index contributed by atoms with van der Waals surface area (Å²) >= 11 is 0. The molecule has 3 rings (SSSR count). The molecule has 0 fully saturated rings. The Morgan fingerprint density at radius 3 is 2.61 bits per heavy atom. The predicted octanol–water partition coefficient (Wildman–Crippen LogP) is 2.59. The van der Waals surface area contributed by atoms with E-state index < -0.39 is 23.6 Å².